The van der Waals surface area contributed by atoms with Crippen LogP contribution in [0.15, 0.2) is 0 Å². The van der Waals surface area contributed by atoms with E-state index >= 15 is 0 Å². The summed E-state index contributed by atoms with van der Waals surface area (Å²) in [7, 11) is 0. The van der Waals surface area contributed by atoms with Crippen molar-refractivity contribution < 1.29 is 0 Å². The standard InChI is InChI=1S/C16H32N2/c1-2-18(15-10-6-7-11-15)16(14-17)12-8-4-3-5-9-13-16/h15H,2-14,17H2,1H3. The zero-order valence-corrected chi connectivity index (χ0v) is 12.3. The molecule has 2 heteroatoms. The Morgan fingerprint density at radius 2 is 1.50 bits per heavy atom. The maximum Gasteiger partial charge on any atom is 0.0334 e. The number of hydrogen-bond donors (Lipinski definition) is 1. The van der Waals surface area contributed by atoms with Crippen molar-refractivity contribution >= 4 is 0 Å². The highest BCUT2D eigenvalue weighted by Gasteiger charge is 2.38. The lowest BCUT2D eigenvalue weighted by atomic mass is 9.81. The Kier molecular flexibility index (Phi) is 5.50. The molecule has 0 saturated heterocycles. The minimum absolute atomic E-state index is 0.337. The zero-order valence-electron chi connectivity index (χ0n) is 12.3. The predicted octanol–water partition coefficient (Wildman–Crippen LogP) is 3.69. The van der Waals surface area contributed by atoms with Crippen molar-refractivity contribution in [3.63, 3.8) is 0 Å². The first-order chi connectivity index (χ1) is 8.82. The lowest BCUT2D eigenvalue weighted by Crippen LogP contribution is -2.57. The molecule has 0 unspecified atom stereocenters. The smallest absolute Gasteiger partial charge is 0.0334 e. The summed E-state index contributed by atoms with van der Waals surface area (Å²) in [4.78, 5) is 2.81. The highest BCUT2D eigenvalue weighted by atomic mass is 15.2. The van der Waals surface area contributed by atoms with Crippen LogP contribution in [0.5, 0.6) is 0 Å². The molecular formula is C16H32N2. The summed E-state index contributed by atoms with van der Waals surface area (Å²) in [6, 6.07) is 0.831. The molecule has 18 heavy (non-hydrogen) atoms. The summed E-state index contributed by atoms with van der Waals surface area (Å²) in [5, 5.41) is 0. The van der Waals surface area contributed by atoms with Crippen LogP contribution in [0.4, 0.5) is 0 Å². The molecule has 0 aliphatic heterocycles. The summed E-state index contributed by atoms with van der Waals surface area (Å²) >= 11 is 0. The third kappa shape index (κ3) is 3.08. The number of rotatable bonds is 4. The summed E-state index contributed by atoms with van der Waals surface area (Å²) in [6.45, 7) is 4.41. The van der Waals surface area contributed by atoms with Gasteiger partial charge in [-0.15, -0.1) is 0 Å². The first-order valence-corrected chi connectivity index (χ1v) is 8.29. The van der Waals surface area contributed by atoms with Crippen LogP contribution in [-0.4, -0.2) is 29.6 Å². The van der Waals surface area contributed by atoms with Crippen LogP contribution >= 0.6 is 0 Å². The summed E-state index contributed by atoms with van der Waals surface area (Å²) in [5.74, 6) is 0. The van der Waals surface area contributed by atoms with Gasteiger partial charge >= 0.3 is 0 Å². The van der Waals surface area contributed by atoms with E-state index < -0.39 is 0 Å². The van der Waals surface area contributed by atoms with Crippen molar-refractivity contribution in [1.82, 2.24) is 4.90 Å². The van der Waals surface area contributed by atoms with Gasteiger partial charge in [-0.3, -0.25) is 4.90 Å². The van der Waals surface area contributed by atoms with E-state index in [0.717, 1.165) is 12.6 Å². The molecule has 2 aliphatic rings. The fraction of sp³-hybridized carbons (Fsp3) is 1.00. The van der Waals surface area contributed by atoms with Gasteiger partial charge in [0.15, 0.2) is 0 Å². The Balaban J connectivity index is 2.09. The molecule has 2 nitrogen and oxygen atoms in total. The minimum atomic E-state index is 0.337. The van der Waals surface area contributed by atoms with Gasteiger partial charge in [-0.2, -0.15) is 0 Å². The van der Waals surface area contributed by atoms with Crippen molar-refractivity contribution in [2.75, 3.05) is 13.1 Å². The molecule has 0 spiro atoms. The number of likely N-dealkylation sites (N-methyl/N-ethyl adjacent to an activating group) is 1. The second-order valence-electron chi connectivity index (χ2n) is 6.42. The van der Waals surface area contributed by atoms with Gasteiger partial charge in [0.1, 0.15) is 0 Å². The fourth-order valence-electron chi connectivity index (χ4n) is 4.37. The third-order valence-corrected chi connectivity index (χ3v) is 5.38. The highest BCUT2D eigenvalue weighted by molar-refractivity contribution is 4.96. The van der Waals surface area contributed by atoms with Crippen LogP contribution in [0.3, 0.4) is 0 Å². The molecule has 2 fully saturated rings. The fourth-order valence-corrected chi connectivity index (χ4v) is 4.37. The first-order valence-electron chi connectivity index (χ1n) is 8.29. The second-order valence-corrected chi connectivity index (χ2v) is 6.42. The van der Waals surface area contributed by atoms with Crippen LogP contribution < -0.4 is 5.73 Å². The molecule has 2 aliphatic carbocycles. The molecule has 0 atom stereocenters. The molecule has 0 aromatic carbocycles. The second kappa shape index (κ2) is 6.91. The van der Waals surface area contributed by atoms with Crippen molar-refractivity contribution in [3.8, 4) is 0 Å². The predicted molar refractivity (Wildman–Crippen MR) is 78.7 cm³/mol. The molecule has 2 N–H and O–H groups in total. The normalized spacial score (nSPS) is 26.2. The van der Waals surface area contributed by atoms with Gasteiger partial charge in [0.2, 0.25) is 0 Å². The number of hydrogen-bond acceptors (Lipinski definition) is 2. The van der Waals surface area contributed by atoms with Gasteiger partial charge in [-0.25, -0.2) is 0 Å². The summed E-state index contributed by atoms with van der Waals surface area (Å²) in [6.07, 6.45) is 15.4. The Labute approximate surface area is 113 Å². The van der Waals surface area contributed by atoms with Crippen molar-refractivity contribution in [1.29, 1.82) is 0 Å². The summed E-state index contributed by atoms with van der Waals surface area (Å²) < 4.78 is 0. The van der Waals surface area contributed by atoms with E-state index in [1.807, 2.05) is 0 Å². The van der Waals surface area contributed by atoms with E-state index in [0.29, 0.717) is 5.54 Å². The SMILES string of the molecule is CCN(C1CCCC1)C1(CN)CCCCCCC1. The molecule has 0 radical (unpaired) electrons. The van der Waals surface area contributed by atoms with Crippen LogP contribution in [0.25, 0.3) is 0 Å². The molecule has 106 valence electrons. The molecule has 2 rings (SSSR count). The van der Waals surface area contributed by atoms with E-state index in [2.05, 4.69) is 11.8 Å². The van der Waals surface area contributed by atoms with E-state index in [-0.39, 0.29) is 0 Å². The molecule has 0 aromatic rings. The average Bonchev–Trinajstić information content (AvgIpc) is 2.86. The van der Waals surface area contributed by atoms with Crippen LogP contribution in [0, 0.1) is 0 Å². The van der Waals surface area contributed by atoms with Crippen LogP contribution in [0.2, 0.25) is 0 Å². The minimum Gasteiger partial charge on any atom is -0.329 e. The molecule has 0 bridgehead atoms. The number of nitrogens with zero attached hydrogens (tertiary/aromatic N) is 1. The van der Waals surface area contributed by atoms with Gasteiger partial charge in [0, 0.05) is 18.1 Å². The van der Waals surface area contributed by atoms with E-state index in [1.165, 1.54) is 77.2 Å². The van der Waals surface area contributed by atoms with E-state index in [4.69, 9.17) is 5.73 Å². The largest absolute Gasteiger partial charge is 0.329 e. The lowest BCUT2D eigenvalue weighted by molar-refractivity contribution is 0.0330. The van der Waals surface area contributed by atoms with Gasteiger partial charge in [0.25, 0.3) is 0 Å². The zero-order chi connectivity index (χ0) is 12.8. The maximum atomic E-state index is 6.26. The average molecular weight is 252 g/mol. The Morgan fingerprint density at radius 1 is 0.944 bits per heavy atom. The maximum absolute atomic E-state index is 6.26. The Morgan fingerprint density at radius 3 is 2.00 bits per heavy atom. The quantitative estimate of drug-likeness (QED) is 0.827. The first kappa shape index (κ1) is 14.3. The number of nitrogens with two attached hydrogens (primary N) is 1. The van der Waals surface area contributed by atoms with Crippen LogP contribution in [0.1, 0.15) is 77.6 Å². The lowest BCUT2D eigenvalue weighted by Gasteiger charge is -2.47. The van der Waals surface area contributed by atoms with Gasteiger partial charge < -0.3 is 5.73 Å². The highest BCUT2D eigenvalue weighted by Crippen LogP contribution is 2.36. The van der Waals surface area contributed by atoms with Crippen molar-refractivity contribution in [2.24, 2.45) is 5.73 Å². The van der Waals surface area contributed by atoms with Crippen LogP contribution in [-0.2, 0) is 0 Å². The van der Waals surface area contributed by atoms with Gasteiger partial charge in [0.05, 0.1) is 0 Å². The Bertz CT molecular complexity index is 225. The molecule has 2 saturated carbocycles. The summed E-state index contributed by atoms with van der Waals surface area (Å²) in [5.41, 5.74) is 6.60. The van der Waals surface area contributed by atoms with E-state index in [9.17, 15) is 0 Å². The van der Waals surface area contributed by atoms with Gasteiger partial charge in [-0.1, -0.05) is 51.9 Å². The van der Waals surface area contributed by atoms with E-state index in [1.54, 1.807) is 0 Å². The molecular weight excluding hydrogens is 220 g/mol. The Hall–Kier alpha value is -0.0800. The monoisotopic (exact) mass is 252 g/mol. The topological polar surface area (TPSA) is 29.3 Å². The third-order valence-electron chi connectivity index (χ3n) is 5.38. The molecule has 0 heterocycles. The molecule has 0 aromatic heterocycles. The van der Waals surface area contributed by atoms with Crippen molar-refractivity contribution in [2.45, 2.75) is 89.1 Å². The van der Waals surface area contributed by atoms with Crippen molar-refractivity contribution in [3.05, 3.63) is 0 Å². The molecule has 0 amide bonds. The van der Waals surface area contributed by atoms with Gasteiger partial charge in [-0.05, 0) is 32.2 Å².